The summed E-state index contributed by atoms with van der Waals surface area (Å²) >= 11 is 0. The number of rotatable bonds is 2. The summed E-state index contributed by atoms with van der Waals surface area (Å²) in [6.45, 7) is 2.05. The van der Waals surface area contributed by atoms with Crippen molar-refractivity contribution in [3.05, 3.63) is 6.20 Å². The quantitative estimate of drug-likeness (QED) is 0.886. The number of nitrogen functional groups attached to an aromatic ring is 1. The number of carbonyl (C=O) groups is 1. The van der Waals surface area contributed by atoms with Gasteiger partial charge in [0.1, 0.15) is 11.7 Å². The number of aromatic nitrogens is 2. The molecule has 2 heterocycles. The van der Waals surface area contributed by atoms with Crippen molar-refractivity contribution in [3.8, 4) is 0 Å². The molecule has 0 spiro atoms. The standard InChI is InChI=1S/C14H21N5O/c1-3-10-13(20)18(2)11-8-16-14(15)17-12(11)19(10)9-6-4-5-7-9/h8-10H,3-7H2,1-2H3,(H2,15,16,17). The maximum absolute atomic E-state index is 12.6. The van der Waals surface area contributed by atoms with Gasteiger partial charge in [-0.15, -0.1) is 0 Å². The lowest BCUT2D eigenvalue weighted by molar-refractivity contribution is -0.120. The fourth-order valence-corrected chi connectivity index (χ4v) is 3.40. The first-order valence-electron chi connectivity index (χ1n) is 7.32. The number of hydrogen-bond donors (Lipinski definition) is 1. The highest BCUT2D eigenvalue weighted by molar-refractivity contribution is 6.04. The molecule has 1 amide bonds. The molecule has 1 aliphatic carbocycles. The molecule has 1 aromatic rings. The summed E-state index contributed by atoms with van der Waals surface area (Å²) < 4.78 is 0. The highest BCUT2D eigenvalue weighted by Gasteiger charge is 2.40. The first-order chi connectivity index (χ1) is 9.63. The van der Waals surface area contributed by atoms with E-state index in [1.807, 2.05) is 6.92 Å². The van der Waals surface area contributed by atoms with Crippen molar-refractivity contribution in [2.45, 2.75) is 51.1 Å². The Morgan fingerprint density at radius 3 is 2.75 bits per heavy atom. The molecule has 6 heteroatoms. The number of likely N-dealkylation sites (N-methyl/N-ethyl adjacent to an activating group) is 1. The van der Waals surface area contributed by atoms with E-state index in [2.05, 4.69) is 14.9 Å². The third-order valence-corrected chi connectivity index (χ3v) is 4.43. The third kappa shape index (κ3) is 1.90. The molecule has 1 aromatic heterocycles. The predicted molar refractivity (Wildman–Crippen MR) is 78.7 cm³/mol. The first-order valence-corrected chi connectivity index (χ1v) is 7.32. The van der Waals surface area contributed by atoms with Crippen LogP contribution in [-0.2, 0) is 4.79 Å². The van der Waals surface area contributed by atoms with Crippen LogP contribution in [0, 0.1) is 0 Å². The lowest BCUT2D eigenvalue weighted by Crippen LogP contribution is -2.55. The molecule has 1 fully saturated rings. The van der Waals surface area contributed by atoms with Crippen LogP contribution in [0.1, 0.15) is 39.0 Å². The fraction of sp³-hybridized carbons (Fsp3) is 0.643. The van der Waals surface area contributed by atoms with Gasteiger partial charge in [0.05, 0.1) is 6.20 Å². The van der Waals surface area contributed by atoms with Crippen molar-refractivity contribution in [1.82, 2.24) is 9.97 Å². The number of carbonyl (C=O) groups excluding carboxylic acids is 1. The van der Waals surface area contributed by atoms with Crippen molar-refractivity contribution < 1.29 is 4.79 Å². The van der Waals surface area contributed by atoms with E-state index in [4.69, 9.17) is 5.73 Å². The third-order valence-electron chi connectivity index (χ3n) is 4.43. The van der Waals surface area contributed by atoms with Gasteiger partial charge in [-0.2, -0.15) is 4.98 Å². The number of nitrogens with zero attached hydrogens (tertiary/aromatic N) is 4. The molecular weight excluding hydrogens is 254 g/mol. The Labute approximate surface area is 119 Å². The van der Waals surface area contributed by atoms with Crippen LogP contribution in [0.2, 0.25) is 0 Å². The molecular formula is C14H21N5O. The van der Waals surface area contributed by atoms with E-state index in [1.54, 1.807) is 18.1 Å². The number of nitrogens with two attached hydrogens (primary N) is 1. The van der Waals surface area contributed by atoms with Crippen molar-refractivity contribution in [1.29, 1.82) is 0 Å². The molecule has 2 N–H and O–H groups in total. The second kappa shape index (κ2) is 4.92. The van der Waals surface area contributed by atoms with Gasteiger partial charge in [0.2, 0.25) is 11.9 Å². The van der Waals surface area contributed by atoms with Crippen LogP contribution in [0.25, 0.3) is 0 Å². The zero-order valence-electron chi connectivity index (χ0n) is 12.0. The second-order valence-electron chi connectivity index (χ2n) is 5.60. The highest BCUT2D eigenvalue weighted by Crippen LogP contribution is 2.39. The lowest BCUT2D eigenvalue weighted by Gasteiger charge is -2.43. The fourth-order valence-electron chi connectivity index (χ4n) is 3.40. The average Bonchev–Trinajstić information content (AvgIpc) is 2.96. The van der Waals surface area contributed by atoms with Gasteiger partial charge in [0.15, 0.2) is 5.82 Å². The molecule has 108 valence electrons. The van der Waals surface area contributed by atoms with E-state index in [0.29, 0.717) is 6.04 Å². The monoisotopic (exact) mass is 275 g/mol. The smallest absolute Gasteiger partial charge is 0.249 e. The zero-order valence-corrected chi connectivity index (χ0v) is 12.0. The van der Waals surface area contributed by atoms with Crippen LogP contribution in [0.15, 0.2) is 6.20 Å². The number of amides is 1. The minimum atomic E-state index is -0.134. The molecule has 2 aliphatic rings. The molecule has 3 rings (SSSR count). The summed E-state index contributed by atoms with van der Waals surface area (Å²) in [5.74, 6) is 1.21. The summed E-state index contributed by atoms with van der Waals surface area (Å²) in [6, 6.07) is 0.260. The number of fused-ring (bicyclic) bond motifs is 1. The summed E-state index contributed by atoms with van der Waals surface area (Å²) in [5, 5.41) is 0. The Morgan fingerprint density at radius 2 is 2.10 bits per heavy atom. The van der Waals surface area contributed by atoms with Crippen LogP contribution in [0.5, 0.6) is 0 Å². The predicted octanol–water partition coefficient (Wildman–Crippen LogP) is 1.56. The van der Waals surface area contributed by atoms with Crippen LogP contribution in [0.4, 0.5) is 17.5 Å². The molecule has 1 saturated carbocycles. The van der Waals surface area contributed by atoms with Crippen LogP contribution in [0.3, 0.4) is 0 Å². The Balaban J connectivity index is 2.11. The van der Waals surface area contributed by atoms with Gasteiger partial charge in [-0.25, -0.2) is 4.98 Å². The molecule has 6 nitrogen and oxygen atoms in total. The summed E-state index contributed by atoms with van der Waals surface area (Å²) in [7, 11) is 1.79. The summed E-state index contributed by atoms with van der Waals surface area (Å²) in [5.41, 5.74) is 6.52. The maximum atomic E-state index is 12.6. The maximum Gasteiger partial charge on any atom is 0.249 e. The summed E-state index contributed by atoms with van der Waals surface area (Å²) in [6.07, 6.45) is 7.12. The average molecular weight is 275 g/mol. The Bertz CT molecular complexity index is 526. The van der Waals surface area contributed by atoms with E-state index in [9.17, 15) is 4.79 Å². The zero-order chi connectivity index (χ0) is 14.3. The van der Waals surface area contributed by atoms with Gasteiger partial charge in [0.25, 0.3) is 0 Å². The summed E-state index contributed by atoms with van der Waals surface area (Å²) in [4.78, 5) is 24.9. The number of anilines is 3. The minimum Gasteiger partial charge on any atom is -0.368 e. The Morgan fingerprint density at radius 1 is 1.40 bits per heavy atom. The van der Waals surface area contributed by atoms with E-state index in [0.717, 1.165) is 30.8 Å². The molecule has 0 bridgehead atoms. The molecule has 1 aliphatic heterocycles. The van der Waals surface area contributed by atoms with Gasteiger partial charge in [-0.05, 0) is 19.3 Å². The van der Waals surface area contributed by atoms with E-state index >= 15 is 0 Å². The van der Waals surface area contributed by atoms with Crippen LogP contribution >= 0.6 is 0 Å². The topological polar surface area (TPSA) is 75.3 Å². The van der Waals surface area contributed by atoms with Gasteiger partial charge in [-0.3, -0.25) is 4.79 Å². The second-order valence-corrected chi connectivity index (χ2v) is 5.60. The van der Waals surface area contributed by atoms with Crippen LogP contribution in [-0.4, -0.2) is 35.0 Å². The van der Waals surface area contributed by atoms with Gasteiger partial charge in [0, 0.05) is 13.1 Å². The molecule has 0 saturated heterocycles. The Kier molecular flexibility index (Phi) is 3.23. The van der Waals surface area contributed by atoms with Crippen molar-refractivity contribution in [3.63, 3.8) is 0 Å². The van der Waals surface area contributed by atoms with Gasteiger partial charge < -0.3 is 15.5 Å². The van der Waals surface area contributed by atoms with E-state index in [-0.39, 0.29) is 17.9 Å². The van der Waals surface area contributed by atoms with E-state index in [1.165, 1.54) is 12.8 Å². The normalized spacial score (nSPS) is 23.3. The van der Waals surface area contributed by atoms with Crippen molar-refractivity contribution in [2.24, 2.45) is 0 Å². The van der Waals surface area contributed by atoms with Gasteiger partial charge in [-0.1, -0.05) is 19.8 Å². The molecule has 1 atom stereocenters. The molecule has 0 radical (unpaired) electrons. The Hall–Kier alpha value is -1.85. The minimum absolute atomic E-state index is 0.125. The lowest BCUT2D eigenvalue weighted by atomic mass is 10.0. The van der Waals surface area contributed by atoms with Gasteiger partial charge >= 0.3 is 0 Å². The van der Waals surface area contributed by atoms with Crippen LogP contribution < -0.4 is 15.5 Å². The highest BCUT2D eigenvalue weighted by atomic mass is 16.2. The largest absolute Gasteiger partial charge is 0.368 e. The van der Waals surface area contributed by atoms with Crippen molar-refractivity contribution in [2.75, 3.05) is 22.6 Å². The van der Waals surface area contributed by atoms with E-state index < -0.39 is 0 Å². The molecule has 1 unspecified atom stereocenters. The first kappa shape index (κ1) is 13.1. The number of hydrogen-bond acceptors (Lipinski definition) is 5. The molecule has 20 heavy (non-hydrogen) atoms. The molecule has 0 aromatic carbocycles. The SMILES string of the molecule is CCC1C(=O)N(C)c2cnc(N)nc2N1C1CCCC1. The van der Waals surface area contributed by atoms with Crippen molar-refractivity contribution >= 4 is 23.4 Å².